The summed E-state index contributed by atoms with van der Waals surface area (Å²) in [5.74, 6) is 1.45. The van der Waals surface area contributed by atoms with Gasteiger partial charge in [-0.05, 0) is 38.1 Å². The second-order valence-corrected chi connectivity index (χ2v) is 5.24. The molecule has 2 N–H and O–H groups in total. The molecule has 17 heavy (non-hydrogen) atoms. The van der Waals surface area contributed by atoms with E-state index in [1.807, 2.05) is 0 Å². The van der Waals surface area contributed by atoms with Gasteiger partial charge in [-0.3, -0.25) is 4.79 Å². The Morgan fingerprint density at radius 2 is 2.12 bits per heavy atom. The van der Waals surface area contributed by atoms with Crippen molar-refractivity contribution in [1.29, 1.82) is 0 Å². The molecule has 0 spiro atoms. The molecule has 1 heterocycles. The van der Waals surface area contributed by atoms with Crippen LogP contribution in [0, 0.1) is 11.8 Å². The molecule has 0 aromatic rings. The molecule has 2 rings (SSSR count). The van der Waals surface area contributed by atoms with E-state index in [4.69, 9.17) is 4.74 Å². The zero-order valence-electron chi connectivity index (χ0n) is 10.7. The molecule has 4 nitrogen and oxygen atoms in total. The van der Waals surface area contributed by atoms with Crippen LogP contribution < -0.4 is 10.6 Å². The van der Waals surface area contributed by atoms with Crippen molar-refractivity contribution >= 4 is 5.91 Å². The van der Waals surface area contributed by atoms with E-state index in [2.05, 4.69) is 17.6 Å². The second-order valence-electron chi connectivity index (χ2n) is 5.24. The largest absolute Gasteiger partial charge is 0.378 e. The van der Waals surface area contributed by atoms with Crippen LogP contribution in [0.15, 0.2) is 0 Å². The summed E-state index contributed by atoms with van der Waals surface area (Å²) in [4.78, 5) is 11.6. The lowest BCUT2D eigenvalue weighted by molar-refractivity contribution is -0.120. The SMILES string of the molecule is CCC1OCCC1CNC(=O)CNCC1CC1. The predicted octanol–water partition coefficient (Wildman–Crippen LogP) is 0.917. The maximum atomic E-state index is 11.6. The fraction of sp³-hybridized carbons (Fsp3) is 0.923. The molecular weight excluding hydrogens is 216 g/mol. The maximum Gasteiger partial charge on any atom is 0.233 e. The lowest BCUT2D eigenvalue weighted by Crippen LogP contribution is -2.38. The van der Waals surface area contributed by atoms with Crippen LogP contribution in [-0.2, 0) is 9.53 Å². The highest BCUT2D eigenvalue weighted by Gasteiger charge is 2.26. The molecule has 1 saturated heterocycles. The van der Waals surface area contributed by atoms with E-state index in [0.29, 0.717) is 18.6 Å². The normalized spacial score (nSPS) is 28.3. The molecule has 2 unspecified atom stereocenters. The van der Waals surface area contributed by atoms with E-state index < -0.39 is 0 Å². The van der Waals surface area contributed by atoms with Crippen LogP contribution in [0.3, 0.4) is 0 Å². The van der Waals surface area contributed by atoms with Gasteiger partial charge in [-0.25, -0.2) is 0 Å². The molecule has 2 aliphatic rings. The number of amides is 1. The maximum absolute atomic E-state index is 11.6. The predicted molar refractivity (Wildman–Crippen MR) is 66.7 cm³/mol. The van der Waals surface area contributed by atoms with Gasteiger partial charge in [0.15, 0.2) is 0 Å². The molecule has 2 fully saturated rings. The number of rotatable bonds is 7. The number of ether oxygens (including phenoxy) is 1. The zero-order valence-corrected chi connectivity index (χ0v) is 10.7. The highest BCUT2D eigenvalue weighted by molar-refractivity contribution is 5.77. The highest BCUT2D eigenvalue weighted by atomic mass is 16.5. The van der Waals surface area contributed by atoms with Crippen molar-refractivity contribution in [2.75, 3.05) is 26.2 Å². The molecule has 98 valence electrons. The highest BCUT2D eigenvalue weighted by Crippen LogP contribution is 2.27. The van der Waals surface area contributed by atoms with Crippen molar-refractivity contribution in [2.45, 2.75) is 38.7 Å². The average molecular weight is 240 g/mol. The minimum Gasteiger partial charge on any atom is -0.378 e. The van der Waals surface area contributed by atoms with E-state index in [9.17, 15) is 4.79 Å². The van der Waals surface area contributed by atoms with Crippen LogP contribution >= 0.6 is 0 Å². The lowest BCUT2D eigenvalue weighted by atomic mass is 10.00. The van der Waals surface area contributed by atoms with Gasteiger partial charge in [-0.2, -0.15) is 0 Å². The van der Waals surface area contributed by atoms with Crippen LogP contribution in [0.25, 0.3) is 0 Å². The van der Waals surface area contributed by atoms with Gasteiger partial charge >= 0.3 is 0 Å². The van der Waals surface area contributed by atoms with Gasteiger partial charge < -0.3 is 15.4 Å². The number of nitrogens with one attached hydrogen (secondary N) is 2. The Morgan fingerprint density at radius 1 is 1.29 bits per heavy atom. The molecule has 4 heteroatoms. The topological polar surface area (TPSA) is 50.4 Å². The van der Waals surface area contributed by atoms with Crippen LogP contribution in [-0.4, -0.2) is 38.3 Å². The van der Waals surface area contributed by atoms with Crippen molar-refractivity contribution in [2.24, 2.45) is 11.8 Å². The quantitative estimate of drug-likeness (QED) is 0.695. The Hall–Kier alpha value is -0.610. The van der Waals surface area contributed by atoms with E-state index in [-0.39, 0.29) is 5.91 Å². The monoisotopic (exact) mass is 240 g/mol. The van der Waals surface area contributed by atoms with Gasteiger partial charge in [-0.15, -0.1) is 0 Å². The number of carbonyl (C=O) groups is 1. The Morgan fingerprint density at radius 3 is 2.82 bits per heavy atom. The van der Waals surface area contributed by atoms with Gasteiger partial charge in [0, 0.05) is 19.1 Å². The molecule has 1 aliphatic carbocycles. The molecule has 1 amide bonds. The molecule has 2 atom stereocenters. The molecule has 1 saturated carbocycles. The van der Waals surface area contributed by atoms with Gasteiger partial charge in [0.05, 0.1) is 12.6 Å². The second kappa shape index (κ2) is 6.36. The van der Waals surface area contributed by atoms with Gasteiger partial charge in [-0.1, -0.05) is 6.92 Å². The minimum atomic E-state index is 0.118. The van der Waals surface area contributed by atoms with Crippen molar-refractivity contribution in [3.63, 3.8) is 0 Å². The Kier molecular flexibility index (Phi) is 4.80. The average Bonchev–Trinajstić information content (AvgIpc) is 3.03. The van der Waals surface area contributed by atoms with Crippen LogP contribution in [0.1, 0.15) is 32.6 Å². The first-order valence-electron chi connectivity index (χ1n) is 6.88. The third-order valence-electron chi connectivity index (χ3n) is 3.73. The van der Waals surface area contributed by atoms with Crippen LogP contribution in [0.2, 0.25) is 0 Å². The van der Waals surface area contributed by atoms with E-state index >= 15 is 0 Å². The zero-order chi connectivity index (χ0) is 12.1. The number of hydrogen-bond acceptors (Lipinski definition) is 3. The first-order chi connectivity index (χ1) is 8.29. The molecule has 0 aromatic carbocycles. The standard InChI is InChI=1S/C13H24N2O2/c1-2-12-11(5-6-17-12)8-15-13(16)9-14-7-10-3-4-10/h10-12,14H,2-9H2,1H3,(H,15,16). The lowest BCUT2D eigenvalue weighted by Gasteiger charge is -2.17. The summed E-state index contributed by atoms with van der Waals surface area (Å²) < 4.78 is 5.60. The summed E-state index contributed by atoms with van der Waals surface area (Å²) in [6.07, 6.45) is 5.11. The number of carbonyl (C=O) groups excluding carboxylic acids is 1. The van der Waals surface area contributed by atoms with Gasteiger partial charge in [0.1, 0.15) is 0 Å². The molecule has 0 aromatic heterocycles. The minimum absolute atomic E-state index is 0.118. The van der Waals surface area contributed by atoms with E-state index in [1.165, 1.54) is 12.8 Å². The summed E-state index contributed by atoms with van der Waals surface area (Å²) in [6.45, 7) is 5.21. The Balaban J connectivity index is 1.55. The van der Waals surface area contributed by atoms with Gasteiger partial charge in [0.25, 0.3) is 0 Å². The summed E-state index contributed by atoms with van der Waals surface area (Å²) in [7, 11) is 0. The molecule has 0 bridgehead atoms. The summed E-state index contributed by atoms with van der Waals surface area (Å²) >= 11 is 0. The first kappa shape index (κ1) is 12.8. The molecule has 0 radical (unpaired) electrons. The summed E-state index contributed by atoms with van der Waals surface area (Å²) in [6, 6.07) is 0. The van der Waals surface area contributed by atoms with Crippen molar-refractivity contribution in [3.05, 3.63) is 0 Å². The first-order valence-corrected chi connectivity index (χ1v) is 6.88. The van der Waals surface area contributed by atoms with Crippen molar-refractivity contribution in [1.82, 2.24) is 10.6 Å². The molecular formula is C13H24N2O2. The third-order valence-corrected chi connectivity index (χ3v) is 3.73. The molecule has 1 aliphatic heterocycles. The third kappa shape index (κ3) is 4.28. The van der Waals surface area contributed by atoms with E-state index in [0.717, 1.165) is 38.5 Å². The fourth-order valence-corrected chi connectivity index (χ4v) is 2.40. The van der Waals surface area contributed by atoms with Crippen LogP contribution in [0.5, 0.6) is 0 Å². The number of hydrogen-bond donors (Lipinski definition) is 2. The van der Waals surface area contributed by atoms with Crippen molar-refractivity contribution < 1.29 is 9.53 Å². The van der Waals surface area contributed by atoms with Crippen molar-refractivity contribution in [3.8, 4) is 0 Å². The summed E-state index contributed by atoms with van der Waals surface area (Å²) in [5, 5.41) is 6.21. The Labute approximate surface area is 103 Å². The van der Waals surface area contributed by atoms with Gasteiger partial charge in [0.2, 0.25) is 5.91 Å². The smallest absolute Gasteiger partial charge is 0.233 e. The summed E-state index contributed by atoms with van der Waals surface area (Å²) in [5.41, 5.74) is 0. The van der Waals surface area contributed by atoms with E-state index in [1.54, 1.807) is 0 Å². The Bertz CT molecular complexity index is 254. The fourth-order valence-electron chi connectivity index (χ4n) is 2.40. The van der Waals surface area contributed by atoms with Crippen LogP contribution in [0.4, 0.5) is 0 Å².